The molecule has 2 aromatic rings. The van der Waals surface area contributed by atoms with Crippen molar-refractivity contribution in [2.24, 2.45) is 0 Å². The van der Waals surface area contributed by atoms with Crippen LogP contribution in [0.15, 0.2) is 40.6 Å². The lowest BCUT2D eigenvalue weighted by Crippen LogP contribution is -2.11. The molecule has 0 amide bonds. The highest BCUT2D eigenvalue weighted by Gasteiger charge is 2.16. The third kappa shape index (κ3) is 4.22. The Bertz CT molecular complexity index is 676. The molecule has 21 heavy (non-hydrogen) atoms. The number of sulfonamides is 1. The van der Waals surface area contributed by atoms with Gasteiger partial charge in [0, 0.05) is 22.8 Å². The van der Waals surface area contributed by atoms with E-state index in [4.69, 9.17) is 0 Å². The molecule has 1 aromatic heterocycles. The molecule has 4 nitrogen and oxygen atoms in total. The van der Waals surface area contributed by atoms with Crippen molar-refractivity contribution in [3.05, 3.63) is 41.3 Å². The summed E-state index contributed by atoms with van der Waals surface area (Å²) in [5.74, 6) is 0. The minimum absolute atomic E-state index is 0.354. The Labute approximate surface area is 130 Å². The van der Waals surface area contributed by atoms with Crippen molar-refractivity contribution in [3.8, 4) is 0 Å². The number of benzene rings is 1. The van der Waals surface area contributed by atoms with Gasteiger partial charge < -0.3 is 5.32 Å². The summed E-state index contributed by atoms with van der Waals surface area (Å²) in [6.07, 6.45) is 1.89. The Morgan fingerprint density at radius 1 is 1.00 bits per heavy atom. The molecule has 6 heteroatoms. The van der Waals surface area contributed by atoms with E-state index in [1.54, 1.807) is 18.2 Å². The van der Waals surface area contributed by atoms with Gasteiger partial charge in [-0.2, -0.15) is 0 Å². The highest BCUT2D eigenvalue weighted by molar-refractivity contribution is 7.94. The molecule has 0 atom stereocenters. The monoisotopic (exact) mass is 324 g/mol. The molecule has 0 bridgehead atoms. The number of nitrogens with one attached hydrogen (secondary N) is 2. The van der Waals surface area contributed by atoms with E-state index in [1.807, 2.05) is 25.1 Å². The van der Waals surface area contributed by atoms with Gasteiger partial charge in [-0.15, -0.1) is 11.3 Å². The second kappa shape index (κ2) is 6.95. The van der Waals surface area contributed by atoms with Crippen LogP contribution in [0.25, 0.3) is 0 Å². The molecule has 0 fully saturated rings. The number of anilines is 2. The number of hydrogen-bond acceptors (Lipinski definition) is 4. The van der Waals surface area contributed by atoms with Crippen LogP contribution < -0.4 is 10.0 Å². The van der Waals surface area contributed by atoms with Gasteiger partial charge in [0.2, 0.25) is 0 Å². The molecular weight excluding hydrogens is 304 g/mol. The van der Waals surface area contributed by atoms with Gasteiger partial charge >= 0.3 is 0 Å². The topological polar surface area (TPSA) is 58.2 Å². The number of aryl methyl sites for hydroxylation is 1. The zero-order valence-electron chi connectivity index (χ0n) is 12.2. The second-order valence-electron chi connectivity index (χ2n) is 4.68. The van der Waals surface area contributed by atoms with Crippen molar-refractivity contribution in [2.45, 2.75) is 30.9 Å². The number of rotatable bonds is 7. The van der Waals surface area contributed by atoms with Crippen LogP contribution in [0.1, 0.15) is 25.1 Å². The number of hydrogen-bond donors (Lipinski definition) is 2. The maximum atomic E-state index is 12.3. The van der Waals surface area contributed by atoms with E-state index in [9.17, 15) is 8.42 Å². The van der Waals surface area contributed by atoms with Gasteiger partial charge in [0.05, 0.1) is 0 Å². The zero-order valence-corrected chi connectivity index (χ0v) is 13.9. The molecule has 0 saturated carbocycles. The lowest BCUT2D eigenvalue weighted by molar-refractivity contribution is 0.603. The SMILES string of the molecule is CCCNc1ccc(NS(=O)(=O)c2ccc(CC)s2)cc1. The van der Waals surface area contributed by atoms with E-state index in [2.05, 4.69) is 17.0 Å². The van der Waals surface area contributed by atoms with Crippen molar-refractivity contribution in [1.82, 2.24) is 0 Å². The van der Waals surface area contributed by atoms with Crippen LogP contribution in [-0.2, 0) is 16.4 Å². The molecule has 0 aliphatic carbocycles. The Morgan fingerprint density at radius 2 is 1.67 bits per heavy atom. The largest absolute Gasteiger partial charge is 0.385 e. The van der Waals surface area contributed by atoms with E-state index in [1.165, 1.54) is 11.3 Å². The molecule has 1 aromatic carbocycles. The van der Waals surface area contributed by atoms with E-state index in [0.717, 1.165) is 30.0 Å². The average Bonchev–Trinajstić information content (AvgIpc) is 2.96. The summed E-state index contributed by atoms with van der Waals surface area (Å²) in [7, 11) is -3.48. The molecule has 1 heterocycles. The molecule has 0 radical (unpaired) electrons. The third-order valence-electron chi connectivity index (χ3n) is 2.97. The summed E-state index contributed by atoms with van der Waals surface area (Å²) in [5, 5.41) is 3.25. The summed E-state index contributed by atoms with van der Waals surface area (Å²) in [5.41, 5.74) is 1.56. The summed E-state index contributed by atoms with van der Waals surface area (Å²) in [4.78, 5) is 1.06. The second-order valence-corrected chi connectivity index (χ2v) is 7.76. The fourth-order valence-corrected chi connectivity index (χ4v) is 4.18. The summed E-state index contributed by atoms with van der Waals surface area (Å²) < 4.78 is 27.5. The molecule has 114 valence electrons. The van der Waals surface area contributed by atoms with Crippen LogP contribution in [0, 0.1) is 0 Å². The molecule has 0 saturated heterocycles. The van der Waals surface area contributed by atoms with Crippen molar-refractivity contribution in [2.75, 3.05) is 16.6 Å². The Hall–Kier alpha value is -1.53. The highest BCUT2D eigenvalue weighted by atomic mass is 32.2. The summed E-state index contributed by atoms with van der Waals surface area (Å²) in [6.45, 7) is 5.01. The van der Waals surface area contributed by atoms with E-state index in [-0.39, 0.29) is 0 Å². The molecule has 0 aliphatic rings. The van der Waals surface area contributed by atoms with Crippen LogP contribution in [0.2, 0.25) is 0 Å². The van der Waals surface area contributed by atoms with Crippen LogP contribution in [0.5, 0.6) is 0 Å². The first-order valence-electron chi connectivity index (χ1n) is 7.00. The van der Waals surface area contributed by atoms with Crippen molar-refractivity contribution < 1.29 is 8.42 Å². The highest BCUT2D eigenvalue weighted by Crippen LogP contribution is 2.24. The molecule has 2 rings (SSSR count). The maximum Gasteiger partial charge on any atom is 0.271 e. The first-order valence-corrected chi connectivity index (χ1v) is 9.30. The van der Waals surface area contributed by atoms with Crippen molar-refractivity contribution in [3.63, 3.8) is 0 Å². The smallest absolute Gasteiger partial charge is 0.271 e. The minimum atomic E-state index is -3.48. The Kier molecular flexibility index (Phi) is 5.25. The summed E-state index contributed by atoms with van der Waals surface area (Å²) >= 11 is 1.31. The van der Waals surface area contributed by atoms with E-state index >= 15 is 0 Å². The lowest BCUT2D eigenvalue weighted by Gasteiger charge is -2.08. The Morgan fingerprint density at radius 3 is 2.24 bits per heavy atom. The maximum absolute atomic E-state index is 12.3. The van der Waals surface area contributed by atoms with Crippen LogP contribution in [0.4, 0.5) is 11.4 Å². The normalized spacial score (nSPS) is 11.3. The first kappa shape index (κ1) is 15.9. The molecule has 0 unspecified atom stereocenters. The minimum Gasteiger partial charge on any atom is -0.385 e. The van der Waals surface area contributed by atoms with Gasteiger partial charge in [-0.1, -0.05) is 13.8 Å². The fourth-order valence-electron chi connectivity index (χ4n) is 1.82. The van der Waals surface area contributed by atoms with Crippen LogP contribution in [-0.4, -0.2) is 15.0 Å². The van der Waals surface area contributed by atoms with Gasteiger partial charge in [0.25, 0.3) is 10.0 Å². The standard InChI is InChI=1S/C15H20N2O2S2/c1-3-11-16-12-5-7-13(8-6-12)17-21(18,19)15-10-9-14(4-2)20-15/h5-10,16-17H,3-4,11H2,1-2H3. The van der Waals surface area contributed by atoms with Crippen LogP contribution in [0.3, 0.4) is 0 Å². The number of thiophene rings is 1. The van der Waals surface area contributed by atoms with E-state index in [0.29, 0.717) is 9.90 Å². The molecule has 2 N–H and O–H groups in total. The van der Waals surface area contributed by atoms with Crippen molar-refractivity contribution >= 4 is 32.7 Å². The third-order valence-corrected chi connectivity index (χ3v) is 6.07. The van der Waals surface area contributed by atoms with Gasteiger partial charge in [-0.3, -0.25) is 4.72 Å². The van der Waals surface area contributed by atoms with Crippen molar-refractivity contribution in [1.29, 1.82) is 0 Å². The van der Waals surface area contributed by atoms with Gasteiger partial charge in [0.1, 0.15) is 4.21 Å². The van der Waals surface area contributed by atoms with Gasteiger partial charge in [-0.25, -0.2) is 8.42 Å². The first-order chi connectivity index (χ1) is 10.0. The molecule has 0 aliphatic heterocycles. The van der Waals surface area contributed by atoms with E-state index < -0.39 is 10.0 Å². The Balaban J connectivity index is 2.09. The van der Waals surface area contributed by atoms with Crippen LogP contribution >= 0.6 is 11.3 Å². The van der Waals surface area contributed by atoms with Gasteiger partial charge in [-0.05, 0) is 49.2 Å². The average molecular weight is 324 g/mol. The van der Waals surface area contributed by atoms with Gasteiger partial charge in [0.15, 0.2) is 0 Å². The molecular formula is C15H20N2O2S2. The summed E-state index contributed by atoms with van der Waals surface area (Å²) in [6, 6.07) is 10.8. The fraction of sp³-hybridized carbons (Fsp3) is 0.333. The lowest BCUT2D eigenvalue weighted by atomic mass is 10.3. The zero-order chi connectivity index (χ0) is 15.3. The quantitative estimate of drug-likeness (QED) is 0.811. The predicted octanol–water partition coefficient (Wildman–Crippen LogP) is 3.93. The molecule has 0 spiro atoms. The predicted molar refractivity (Wildman–Crippen MR) is 89.7 cm³/mol.